The largest absolute Gasteiger partial charge is 0.460 e. The van der Waals surface area contributed by atoms with E-state index in [9.17, 15) is 29.1 Å². The Morgan fingerprint density at radius 2 is 1.47 bits per heavy atom. The van der Waals surface area contributed by atoms with Crippen molar-refractivity contribution in [1.29, 1.82) is 0 Å². The lowest BCUT2D eigenvalue weighted by Gasteiger charge is -2.32. The van der Waals surface area contributed by atoms with Gasteiger partial charge in [-0.3, -0.25) is 14.4 Å². The van der Waals surface area contributed by atoms with Gasteiger partial charge in [-0.2, -0.15) is 0 Å². The lowest BCUT2D eigenvalue weighted by molar-refractivity contribution is -0.170. The van der Waals surface area contributed by atoms with Gasteiger partial charge >= 0.3 is 11.9 Å². The van der Waals surface area contributed by atoms with E-state index in [4.69, 9.17) is 14.2 Å². The third-order valence-corrected chi connectivity index (χ3v) is 8.78. The normalized spacial score (nSPS) is 27.4. The van der Waals surface area contributed by atoms with Crippen LogP contribution >= 0.6 is 0 Å². The fraction of sp³-hybridized carbons (Fsp3) is 0.800. The monoisotopic (exact) mass is 665 g/mol. The zero-order valence-electron chi connectivity index (χ0n) is 29.5. The highest BCUT2D eigenvalue weighted by Gasteiger charge is 2.50. The Labute approximate surface area is 280 Å². The van der Waals surface area contributed by atoms with Crippen molar-refractivity contribution in [2.24, 2.45) is 17.8 Å². The number of aliphatic hydroxyl groups excluding tert-OH is 1. The molecular weight excluding hydrogens is 606 g/mol. The SMILES string of the molecule is CC(C)CCCCCCCCCCC[C@@H](C)[C@@H]1OC(=O)[C@H]([C@@H]2OC(C)(C)OC2=O)NC(=O)CN(C)C(=O)/C=C/[C@@H](CO)NC(=O)[C@H]1C. The quantitative estimate of drug-likeness (QED) is 0.175. The van der Waals surface area contributed by atoms with Gasteiger partial charge < -0.3 is 34.9 Å². The molecular formula is C35H59N3O9. The number of nitrogens with zero attached hydrogens (tertiary/aromatic N) is 1. The zero-order chi connectivity index (χ0) is 35.1. The van der Waals surface area contributed by atoms with Crippen LogP contribution in [-0.2, 0) is 38.2 Å². The maximum Gasteiger partial charge on any atom is 0.340 e. The first-order valence-corrected chi connectivity index (χ1v) is 17.4. The molecule has 268 valence electrons. The van der Waals surface area contributed by atoms with Crippen LogP contribution in [0.15, 0.2) is 12.2 Å². The highest BCUT2D eigenvalue weighted by atomic mass is 16.8. The van der Waals surface area contributed by atoms with Crippen molar-refractivity contribution in [3.8, 4) is 0 Å². The molecule has 0 aromatic heterocycles. The van der Waals surface area contributed by atoms with Crippen molar-refractivity contribution in [3.63, 3.8) is 0 Å². The fourth-order valence-electron chi connectivity index (χ4n) is 5.94. The van der Waals surface area contributed by atoms with Gasteiger partial charge in [0.15, 0.2) is 12.1 Å². The maximum absolute atomic E-state index is 13.8. The van der Waals surface area contributed by atoms with Crippen molar-refractivity contribution >= 4 is 29.7 Å². The van der Waals surface area contributed by atoms with Crippen molar-refractivity contribution in [1.82, 2.24) is 15.5 Å². The minimum absolute atomic E-state index is 0.253. The molecule has 1 saturated heterocycles. The average Bonchev–Trinajstić information content (AvgIpc) is 3.28. The molecule has 6 atom stereocenters. The van der Waals surface area contributed by atoms with Gasteiger partial charge in [0.1, 0.15) is 6.10 Å². The summed E-state index contributed by atoms with van der Waals surface area (Å²) in [4.78, 5) is 66.6. The molecule has 0 aromatic rings. The number of likely N-dealkylation sites (N-methyl/N-ethyl adjacent to an activating group) is 1. The summed E-state index contributed by atoms with van der Waals surface area (Å²) in [6, 6.07) is -2.46. The van der Waals surface area contributed by atoms with E-state index in [0.29, 0.717) is 6.42 Å². The van der Waals surface area contributed by atoms with Gasteiger partial charge in [-0.05, 0) is 18.3 Å². The molecule has 2 aliphatic rings. The molecule has 3 amide bonds. The minimum Gasteiger partial charge on any atom is -0.460 e. The number of carbonyl (C=O) groups excluding carboxylic acids is 5. The predicted molar refractivity (Wildman–Crippen MR) is 177 cm³/mol. The first-order valence-electron chi connectivity index (χ1n) is 17.4. The molecule has 3 N–H and O–H groups in total. The third kappa shape index (κ3) is 13.9. The summed E-state index contributed by atoms with van der Waals surface area (Å²) in [7, 11) is 1.38. The van der Waals surface area contributed by atoms with Gasteiger partial charge in [-0.15, -0.1) is 0 Å². The standard InChI is InChI=1S/C35H59N3O9/c1-23(2)17-15-13-11-9-8-10-12-14-16-18-24(3)30-25(4)32(42)36-26(22-39)19-20-28(41)38(7)21-27(40)37-29(33(43)45-30)31-34(44)47-35(5,6)46-31/h19-20,23-26,29-31,39H,8-18,21-22H2,1-7H3,(H,36,42)(H,37,40)/b20-19+/t24-,25+,26+,29+,30+,31+/m1/s1. The first kappa shape index (κ1) is 40.2. The van der Waals surface area contributed by atoms with Crippen LogP contribution in [0.25, 0.3) is 0 Å². The van der Waals surface area contributed by atoms with Gasteiger partial charge in [0.2, 0.25) is 23.5 Å². The molecule has 0 bridgehead atoms. The number of hydrogen-bond acceptors (Lipinski definition) is 9. The molecule has 0 saturated carbocycles. The fourth-order valence-corrected chi connectivity index (χ4v) is 5.94. The molecule has 47 heavy (non-hydrogen) atoms. The minimum atomic E-state index is -1.58. The Morgan fingerprint density at radius 3 is 2.00 bits per heavy atom. The topological polar surface area (TPSA) is 161 Å². The third-order valence-electron chi connectivity index (χ3n) is 8.78. The first-order chi connectivity index (χ1) is 22.1. The number of unbranched alkanes of at least 4 members (excludes halogenated alkanes) is 8. The van der Waals surface area contributed by atoms with E-state index in [0.717, 1.165) is 36.2 Å². The number of rotatable bonds is 15. The summed E-state index contributed by atoms with van der Waals surface area (Å²) in [5, 5.41) is 15.1. The smallest absolute Gasteiger partial charge is 0.340 e. The lowest BCUT2D eigenvalue weighted by Crippen LogP contribution is -2.55. The highest BCUT2D eigenvalue weighted by Crippen LogP contribution is 2.29. The van der Waals surface area contributed by atoms with Crippen molar-refractivity contribution in [2.75, 3.05) is 20.2 Å². The molecule has 12 heteroatoms. The molecule has 0 aromatic carbocycles. The number of nitrogens with one attached hydrogen (secondary N) is 2. The molecule has 1 fully saturated rings. The van der Waals surface area contributed by atoms with Crippen LogP contribution in [0.5, 0.6) is 0 Å². The van der Waals surface area contributed by atoms with Crippen LogP contribution in [0.4, 0.5) is 0 Å². The Kier molecular flexibility index (Phi) is 16.9. The summed E-state index contributed by atoms with van der Waals surface area (Å²) in [6.45, 7) is 10.2. The van der Waals surface area contributed by atoms with E-state index < -0.39 is 78.8 Å². The molecule has 2 rings (SSSR count). The second-order valence-corrected chi connectivity index (χ2v) is 14.1. The van der Waals surface area contributed by atoms with Gasteiger partial charge in [0.25, 0.3) is 0 Å². The van der Waals surface area contributed by atoms with Crippen LogP contribution in [0, 0.1) is 17.8 Å². The molecule has 12 nitrogen and oxygen atoms in total. The Morgan fingerprint density at radius 1 is 0.894 bits per heavy atom. The van der Waals surface area contributed by atoms with E-state index >= 15 is 0 Å². The summed E-state index contributed by atoms with van der Waals surface area (Å²) in [5.41, 5.74) is 0. The number of esters is 2. The van der Waals surface area contributed by atoms with Gasteiger partial charge in [-0.25, -0.2) is 9.59 Å². The highest BCUT2D eigenvalue weighted by molar-refractivity contribution is 5.94. The van der Waals surface area contributed by atoms with Crippen LogP contribution in [0.3, 0.4) is 0 Å². The summed E-state index contributed by atoms with van der Waals surface area (Å²) in [5.74, 6) is -5.27. The van der Waals surface area contributed by atoms with E-state index in [-0.39, 0.29) is 5.92 Å². The number of aliphatic hydroxyl groups is 1. The van der Waals surface area contributed by atoms with Gasteiger partial charge in [0.05, 0.1) is 25.1 Å². The predicted octanol–water partition coefficient (Wildman–Crippen LogP) is 3.79. The van der Waals surface area contributed by atoms with Crippen LogP contribution in [0.2, 0.25) is 0 Å². The molecule has 0 aliphatic carbocycles. The number of amides is 3. The average molecular weight is 666 g/mol. The molecule has 2 heterocycles. The van der Waals surface area contributed by atoms with Crippen LogP contribution < -0.4 is 10.6 Å². The number of carbonyl (C=O) groups is 5. The van der Waals surface area contributed by atoms with Crippen LogP contribution in [-0.4, -0.2) is 89.9 Å². The zero-order valence-corrected chi connectivity index (χ0v) is 29.5. The van der Waals surface area contributed by atoms with E-state index in [1.807, 2.05) is 6.92 Å². The second kappa shape index (κ2) is 19.7. The van der Waals surface area contributed by atoms with E-state index in [1.54, 1.807) is 6.92 Å². The summed E-state index contributed by atoms with van der Waals surface area (Å²) in [6.07, 6.45) is 12.6. The van der Waals surface area contributed by atoms with Crippen molar-refractivity contribution < 1.29 is 43.3 Å². The molecule has 0 unspecified atom stereocenters. The van der Waals surface area contributed by atoms with Gasteiger partial charge in [0, 0.05) is 27.0 Å². The second-order valence-electron chi connectivity index (χ2n) is 14.1. The number of ether oxygens (including phenoxy) is 3. The molecule has 0 spiro atoms. The van der Waals surface area contributed by atoms with Crippen molar-refractivity contribution in [2.45, 2.75) is 142 Å². The van der Waals surface area contributed by atoms with Crippen molar-refractivity contribution in [3.05, 3.63) is 12.2 Å². The van der Waals surface area contributed by atoms with Crippen LogP contribution in [0.1, 0.15) is 112 Å². The lowest BCUT2D eigenvalue weighted by atomic mass is 9.88. The van der Waals surface area contributed by atoms with E-state index in [2.05, 4.69) is 24.5 Å². The Balaban J connectivity index is 2.16. The maximum atomic E-state index is 13.8. The number of hydrogen-bond donors (Lipinski definition) is 3. The van der Waals surface area contributed by atoms with E-state index in [1.165, 1.54) is 71.9 Å². The number of cyclic esters (lactones) is 2. The van der Waals surface area contributed by atoms with Gasteiger partial charge in [-0.1, -0.05) is 98.0 Å². The summed E-state index contributed by atoms with van der Waals surface area (Å²) >= 11 is 0. The molecule has 2 aliphatic heterocycles. The Bertz CT molecular complexity index is 1080. The molecule has 0 radical (unpaired) electrons. The summed E-state index contributed by atoms with van der Waals surface area (Å²) < 4.78 is 16.9. The Hall–Kier alpha value is -2.99.